The van der Waals surface area contributed by atoms with Crippen molar-refractivity contribution in [3.63, 3.8) is 0 Å². The minimum Gasteiger partial charge on any atom is -0.383 e. The minimum atomic E-state index is -0.205. The van der Waals surface area contributed by atoms with E-state index >= 15 is 0 Å². The van der Waals surface area contributed by atoms with Crippen LogP contribution in [0, 0.1) is 0 Å². The van der Waals surface area contributed by atoms with Gasteiger partial charge in [0.2, 0.25) is 5.91 Å². The van der Waals surface area contributed by atoms with Gasteiger partial charge in [-0.25, -0.2) is 4.98 Å². The quantitative estimate of drug-likeness (QED) is 0.423. The van der Waals surface area contributed by atoms with Gasteiger partial charge in [0, 0.05) is 11.6 Å². The Morgan fingerprint density at radius 3 is 2.71 bits per heavy atom. The van der Waals surface area contributed by atoms with Gasteiger partial charge in [-0.15, -0.1) is 0 Å². The van der Waals surface area contributed by atoms with E-state index in [1.807, 2.05) is 43.3 Å². The summed E-state index contributed by atoms with van der Waals surface area (Å²) in [5, 5.41) is 3.90. The Labute approximate surface area is 175 Å². The number of fused-ring (bicyclic) bond motifs is 1. The molecular formula is C20H20BrN3O3S. The third-order valence-electron chi connectivity index (χ3n) is 4.10. The molecule has 0 fully saturated rings. The lowest BCUT2D eigenvalue weighted by Crippen LogP contribution is -2.29. The molecule has 0 radical (unpaired) electrons. The van der Waals surface area contributed by atoms with Gasteiger partial charge in [-0.05, 0) is 47.1 Å². The van der Waals surface area contributed by atoms with Crippen molar-refractivity contribution in [1.29, 1.82) is 0 Å². The highest BCUT2D eigenvalue weighted by Crippen LogP contribution is 2.24. The number of nitrogens with zero attached hydrogens (tertiary/aromatic N) is 2. The summed E-state index contributed by atoms with van der Waals surface area (Å²) in [6.45, 7) is 2.27. The van der Waals surface area contributed by atoms with E-state index in [4.69, 9.17) is 4.74 Å². The summed E-state index contributed by atoms with van der Waals surface area (Å²) in [4.78, 5) is 30.0. The van der Waals surface area contributed by atoms with Gasteiger partial charge in [0.25, 0.3) is 5.56 Å². The average Bonchev–Trinajstić information content (AvgIpc) is 2.68. The number of rotatable bonds is 7. The molecular weight excluding hydrogens is 442 g/mol. The zero-order valence-electron chi connectivity index (χ0n) is 15.5. The second-order valence-electron chi connectivity index (χ2n) is 6.21. The Hall–Kier alpha value is -2.16. The van der Waals surface area contributed by atoms with Crippen molar-refractivity contribution in [2.45, 2.75) is 18.1 Å². The standard InChI is InChI=1S/C20H20BrN3O3S/c1-13(11-27-2)24-19(26)14-7-3-5-9-16(14)23-20(24)28-12-18(25)22-17-10-6-4-8-15(17)21/h3-10,13H,11-12H2,1-2H3,(H,22,25)/t13-/m1/s1. The average molecular weight is 462 g/mol. The number of carbonyl (C=O) groups excluding carboxylic acids is 1. The third-order valence-corrected chi connectivity index (χ3v) is 5.75. The molecule has 1 amide bonds. The first kappa shape index (κ1) is 20.6. The molecule has 0 aliphatic rings. The molecule has 2 aromatic carbocycles. The highest BCUT2D eigenvalue weighted by molar-refractivity contribution is 9.10. The van der Waals surface area contributed by atoms with E-state index in [2.05, 4.69) is 26.2 Å². The van der Waals surface area contributed by atoms with Crippen LogP contribution in [0.4, 0.5) is 5.69 Å². The van der Waals surface area contributed by atoms with Gasteiger partial charge in [0.05, 0.1) is 35.0 Å². The van der Waals surface area contributed by atoms with Crippen LogP contribution in [0.25, 0.3) is 10.9 Å². The maximum absolute atomic E-state index is 13.0. The van der Waals surface area contributed by atoms with Crippen molar-refractivity contribution in [2.24, 2.45) is 0 Å². The summed E-state index contributed by atoms with van der Waals surface area (Å²) in [6, 6.07) is 14.4. The molecule has 6 nitrogen and oxygen atoms in total. The Kier molecular flexibility index (Phi) is 6.88. The van der Waals surface area contributed by atoms with Crippen LogP contribution in [0.1, 0.15) is 13.0 Å². The summed E-state index contributed by atoms with van der Waals surface area (Å²) >= 11 is 4.64. The summed E-state index contributed by atoms with van der Waals surface area (Å²) in [5.41, 5.74) is 1.18. The van der Waals surface area contributed by atoms with Crippen LogP contribution in [0.15, 0.2) is 63.0 Å². The monoisotopic (exact) mass is 461 g/mol. The number of aromatic nitrogens is 2. The number of ether oxygens (including phenoxy) is 1. The van der Waals surface area contributed by atoms with Crippen LogP contribution in [-0.4, -0.2) is 34.9 Å². The number of hydrogen-bond acceptors (Lipinski definition) is 5. The smallest absolute Gasteiger partial charge is 0.262 e. The largest absolute Gasteiger partial charge is 0.383 e. The van der Waals surface area contributed by atoms with E-state index in [1.54, 1.807) is 23.8 Å². The first-order chi connectivity index (χ1) is 13.5. The van der Waals surface area contributed by atoms with Crippen molar-refractivity contribution in [2.75, 3.05) is 24.8 Å². The number of benzene rings is 2. The van der Waals surface area contributed by atoms with Gasteiger partial charge < -0.3 is 10.1 Å². The number of nitrogens with one attached hydrogen (secondary N) is 1. The molecule has 8 heteroatoms. The van der Waals surface area contributed by atoms with E-state index in [0.717, 1.165) is 4.47 Å². The minimum absolute atomic E-state index is 0.131. The normalized spacial score (nSPS) is 12.1. The highest BCUT2D eigenvalue weighted by Gasteiger charge is 2.17. The van der Waals surface area contributed by atoms with Gasteiger partial charge in [-0.3, -0.25) is 14.2 Å². The van der Waals surface area contributed by atoms with Crippen molar-refractivity contribution in [3.05, 3.63) is 63.4 Å². The van der Waals surface area contributed by atoms with E-state index in [0.29, 0.717) is 28.4 Å². The number of anilines is 1. The number of methoxy groups -OCH3 is 1. The predicted octanol–water partition coefficient (Wildman–Crippen LogP) is 4.10. The van der Waals surface area contributed by atoms with Gasteiger partial charge in [0.15, 0.2) is 5.16 Å². The number of carbonyl (C=O) groups is 1. The molecule has 0 saturated carbocycles. The first-order valence-corrected chi connectivity index (χ1v) is 10.5. The second-order valence-corrected chi connectivity index (χ2v) is 8.00. The lowest BCUT2D eigenvalue weighted by Gasteiger charge is -2.18. The molecule has 1 atom stereocenters. The number of thioether (sulfide) groups is 1. The third kappa shape index (κ3) is 4.63. The zero-order valence-corrected chi connectivity index (χ0v) is 17.9. The van der Waals surface area contributed by atoms with Gasteiger partial charge in [-0.1, -0.05) is 36.0 Å². The summed E-state index contributed by atoms with van der Waals surface area (Å²) < 4.78 is 7.62. The molecule has 1 heterocycles. The lowest BCUT2D eigenvalue weighted by molar-refractivity contribution is -0.113. The molecule has 0 bridgehead atoms. The Balaban J connectivity index is 1.87. The number of para-hydroxylation sites is 2. The van der Waals surface area contributed by atoms with Crippen molar-refractivity contribution in [3.8, 4) is 0 Å². The first-order valence-electron chi connectivity index (χ1n) is 8.68. The topological polar surface area (TPSA) is 73.2 Å². The predicted molar refractivity (Wildman–Crippen MR) is 116 cm³/mol. The summed E-state index contributed by atoms with van der Waals surface area (Å²) in [7, 11) is 1.59. The van der Waals surface area contributed by atoms with Crippen molar-refractivity contribution < 1.29 is 9.53 Å². The maximum Gasteiger partial charge on any atom is 0.262 e. The van der Waals surface area contributed by atoms with E-state index < -0.39 is 0 Å². The van der Waals surface area contributed by atoms with Crippen LogP contribution in [-0.2, 0) is 9.53 Å². The van der Waals surface area contributed by atoms with Crippen LogP contribution >= 0.6 is 27.7 Å². The molecule has 1 N–H and O–H groups in total. The SMILES string of the molecule is COC[C@@H](C)n1c(SCC(=O)Nc2ccccc2Br)nc2ccccc2c1=O. The molecule has 0 aliphatic heterocycles. The number of halogens is 1. The van der Waals surface area contributed by atoms with Crippen LogP contribution in [0.5, 0.6) is 0 Å². The fourth-order valence-electron chi connectivity index (χ4n) is 2.81. The molecule has 0 unspecified atom stereocenters. The lowest BCUT2D eigenvalue weighted by atomic mass is 10.2. The number of amides is 1. The molecule has 28 heavy (non-hydrogen) atoms. The van der Waals surface area contributed by atoms with Gasteiger partial charge >= 0.3 is 0 Å². The number of hydrogen-bond donors (Lipinski definition) is 1. The zero-order chi connectivity index (χ0) is 20.1. The molecule has 3 aromatic rings. The molecule has 0 aliphatic carbocycles. The Morgan fingerprint density at radius 1 is 1.25 bits per heavy atom. The molecule has 0 spiro atoms. The van der Waals surface area contributed by atoms with E-state index in [1.165, 1.54) is 11.8 Å². The van der Waals surface area contributed by atoms with Crippen LogP contribution in [0.2, 0.25) is 0 Å². The van der Waals surface area contributed by atoms with E-state index in [9.17, 15) is 9.59 Å². The second kappa shape index (κ2) is 9.36. The van der Waals surface area contributed by atoms with Crippen LogP contribution in [0.3, 0.4) is 0 Å². The van der Waals surface area contributed by atoms with Crippen molar-refractivity contribution >= 4 is 50.2 Å². The molecule has 3 rings (SSSR count). The summed E-state index contributed by atoms with van der Waals surface area (Å²) in [5.74, 6) is -0.0449. The molecule has 146 valence electrons. The van der Waals surface area contributed by atoms with Crippen molar-refractivity contribution in [1.82, 2.24) is 9.55 Å². The van der Waals surface area contributed by atoms with Crippen LogP contribution < -0.4 is 10.9 Å². The fraction of sp³-hybridized carbons (Fsp3) is 0.250. The van der Waals surface area contributed by atoms with Gasteiger partial charge in [0.1, 0.15) is 0 Å². The Bertz CT molecular complexity index is 1050. The summed E-state index contributed by atoms with van der Waals surface area (Å²) in [6.07, 6.45) is 0. The highest BCUT2D eigenvalue weighted by atomic mass is 79.9. The maximum atomic E-state index is 13.0. The fourth-order valence-corrected chi connectivity index (χ4v) is 4.09. The Morgan fingerprint density at radius 2 is 1.96 bits per heavy atom. The van der Waals surface area contributed by atoms with Gasteiger partial charge in [-0.2, -0.15) is 0 Å². The molecule has 1 aromatic heterocycles. The van der Waals surface area contributed by atoms with E-state index in [-0.39, 0.29) is 23.3 Å². The molecule has 0 saturated heterocycles.